The molecule has 1 aromatic heterocycles. The quantitative estimate of drug-likeness (QED) is 0.940. The van der Waals surface area contributed by atoms with Crippen molar-refractivity contribution in [1.82, 2.24) is 9.88 Å². The van der Waals surface area contributed by atoms with Gasteiger partial charge < -0.3 is 15.0 Å². The number of nitrogens with zero attached hydrogens (tertiary/aromatic N) is 2. The molecule has 0 radical (unpaired) electrons. The summed E-state index contributed by atoms with van der Waals surface area (Å²) < 4.78 is 5.27. The molecule has 0 unspecified atom stereocenters. The van der Waals surface area contributed by atoms with Crippen molar-refractivity contribution in [3.63, 3.8) is 0 Å². The minimum atomic E-state index is 0.186. The lowest BCUT2D eigenvalue weighted by atomic mass is 10.1. The second-order valence-electron chi connectivity index (χ2n) is 5.50. The molecule has 2 heterocycles. The van der Waals surface area contributed by atoms with E-state index in [2.05, 4.69) is 10.3 Å². The molecule has 2 aromatic rings. The fourth-order valence-electron chi connectivity index (χ4n) is 2.73. The SMILES string of the molecule is Cc1cc(NCCC(=O)N2CCOCC2)c2ccccc2n1. The van der Waals surface area contributed by atoms with Crippen molar-refractivity contribution in [1.29, 1.82) is 0 Å². The molecule has 1 saturated heterocycles. The highest BCUT2D eigenvalue weighted by molar-refractivity contribution is 5.91. The van der Waals surface area contributed by atoms with Crippen LogP contribution in [0.3, 0.4) is 0 Å². The lowest BCUT2D eigenvalue weighted by Crippen LogP contribution is -2.41. The number of carbonyl (C=O) groups excluding carboxylic acids is 1. The molecule has 0 aliphatic carbocycles. The van der Waals surface area contributed by atoms with Crippen LogP contribution in [-0.4, -0.2) is 48.6 Å². The number of aryl methyl sites for hydroxylation is 1. The maximum Gasteiger partial charge on any atom is 0.224 e. The number of ether oxygens (including phenoxy) is 1. The van der Waals surface area contributed by atoms with Gasteiger partial charge in [-0.25, -0.2) is 0 Å². The topological polar surface area (TPSA) is 54.5 Å². The van der Waals surface area contributed by atoms with Crippen LogP contribution in [0.1, 0.15) is 12.1 Å². The number of anilines is 1. The Morgan fingerprint density at radius 3 is 2.91 bits per heavy atom. The van der Waals surface area contributed by atoms with Gasteiger partial charge in [-0.05, 0) is 19.1 Å². The monoisotopic (exact) mass is 299 g/mol. The zero-order valence-corrected chi connectivity index (χ0v) is 12.8. The van der Waals surface area contributed by atoms with E-state index in [1.807, 2.05) is 42.2 Å². The van der Waals surface area contributed by atoms with Gasteiger partial charge in [-0.1, -0.05) is 18.2 Å². The van der Waals surface area contributed by atoms with Gasteiger partial charge in [0.15, 0.2) is 0 Å². The van der Waals surface area contributed by atoms with Crippen LogP contribution < -0.4 is 5.32 Å². The van der Waals surface area contributed by atoms with Gasteiger partial charge in [0, 0.05) is 42.8 Å². The van der Waals surface area contributed by atoms with Gasteiger partial charge in [-0.2, -0.15) is 0 Å². The smallest absolute Gasteiger partial charge is 0.224 e. The molecule has 3 rings (SSSR count). The average Bonchev–Trinajstić information content (AvgIpc) is 2.55. The van der Waals surface area contributed by atoms with Gasteiger partial charge in [-0.15, -0.1) is 0 Å². The summed E-state index contributed by atoms with van der Waals surface area (Å²) in [7, 11) is 0. The minimum absolute atomic E-state index is 0.186. The lowest BCUT2D eigenvalue weighted by Gasteiger charge is -2.27. The van der Waals surface area contributed by atoms with E-state index in [0.717, 1.165) is 22.3 Å². The highest BCUT2D eigenvalue weighted by Gasteiger charge is 2.16. The molecular weight excluding hydrogens is 278 g/mol. The minimum Gasteiger partial charge on any atom is -0.384 e. The predicted molar refractivity (Wildman–Crippen MR) is 87.0 cm³/mol. The van der Waals surface area contributed by atoms with E-state index in [9.17, 15) is 4.79 Å². The first-order valence-electron chi connectivity index (χ1n) is 7.70. The molecule has 1 aliphatic heterocycles. The van der Waals surface area contributed by atoms with Gasteiger partial charge in [0.2, 0.25) is 5.91 Å². The summed E-state index contributed by atoms with van der Waals surface area (Å²) in [6.07, 6.45) is 0.496. The second kappa shape index (κ2) is 6.75. The molecule has 1 N–H and O–H groups in total. The number of aromatic nitrogens is 1. The summed E-state index contributed by atoms with van der Waals surface area (Å²) in [6.45, 7) is 5.31. The number of pyridine rings is 1. The lowest BCUT2D eigenvalue weighted by molar-refractivity contribution is -0.134. The van der Waals surface area contributed by atoms with Crippen LogP contribution >= 0.6 is 0 Å². The zero-order chi connectivity index (χ0) is 15.4. The molecule has 0 spiro atoms. The standard InChI is InChI=1S/C17H21N3O2/c1-13-12-16(14-4-2-3-5-15(14)19-13)18-7-6-17(21)20-8-10-22-11-9-20/h2-5,12H,6-11H2,1H3,(H,18,19). The Kier molecular flexibility index (Phi) is 4.53. The number of amides is 1. The van der Waals surface area contributed by atoms with Gasteiger partial charge in [0.05, 0.1) is 18.7 Å². The predicted octanol–water partition coefficient (Wildman–Crippen LogP) is 2.20. The van der Waals surface area contributed by atoms with Gasteiger partial charge in [0.25, 0.3) is 0 Å². The zero-order valence-electron chi connectivity index (χ0n) is 12.8. The first kappa shape index (κ1) is 14.8. The molecule has 0 bridgehead atoms. The molecule has 116 valence electrons. The molecular formula is C17H21N3O2. The fourth-order valence-corrected chi connectivity index (χ4v) is 2.73. The third kappa shape index (κ3) is 3.36. The van der Waals surface area contributed by atoms with E-state index in [1.54, 1.807) is 0 Å². The largest absolute Gasteiger partial charge is 0.384 e. The van der Waals surface area contributed by atoms with Crippen LogP contribution in [0.4, 0.5) is 5.69 Å². The molecule has 22 heavy (non-hydrogen) atoms. The van der Waals surface area contributed by atoms with E-state index in [1.165, 1.54) is 0 Å². The van der Waals surface area contributed by atoms with Crippen molar-refractivity contribution in [3.8, 4) is 0 Å². The van der Waals surface area contributed by atoms with E-state index in [4.69, 9.17) is 4.74 Å². The maximum atomic E-state index is 12.1. The normalized spacial score (nSPS) is 15.0. The maximum absolute atomic E-state index is 12.1. The number of nitrogens with one attached hydrogen (secondary N) is 1. The van der Waals surface area contributed by atoms with Crippen molar-refractivity contribution in [2.45, 2.75) is 13.3 Å². The number of morpholine rings is 1. The summed E-state index contributed by atoms with van der Waals surface area (Å²) in [5.41, 5.74) is 2.99. The highest BCUT2D eigenvalue weighted by Crippen LogP contribution is 2.22. The number of para-hydroxylation sites is 1. The van der Waals surface area contributed by atoms with Gasteiger partial charge in [-0.3, -0.25) is 9.78 Å². The van der Waals surface area contributed by atoms with Gasteiger partial charge >= 0.3 is 0 Å². The third-order valence-electron chi connectivity index (χ3n) is 3.86. The molecule has 5 heteroatoms. The van der Waals surface area contributed by atoms with Crippen LogP contribution in [0.2, 0.25) is 0 Å². The van der Waals surface area contributed by atoms with Crippen molar-refractivity contribution < 1.29 is 9.53 Å². The first-order chi connectivity index (χ1) is 10.7. The number of benzene rings is 1. The number of hydrogen-bond acceptors (Lipinski definition) is 4. The molecule has 0 saturated carbocycles. The third-order valence-corrected chi connectivity index (χ3v) is 3.86. The Morgan fingerprint density at radius 2 is 2.09 bits per heavy atom. The van der Waals surface area contributed by atoms with Crippen molar-refractivity contribution in [3.05, 3.63) is 36.0 Å². The van der Waals surface area contributed by atoms with Crippen LogP contribution in [0.25, 0.3) is 10.9 Å². The summed E-state index contributed by atoms with van der Waals surface area (Å²) >= 11 is 0. The molecule has 0 atom stereocenters. The van der Waals surface area contributed by atoms with Crippen molar-refractivity contribution >= 4 is 22.5 Å². The Hall–Kier alpha value is -2.14. The van der Waals surface area contributed by atoms with Crippen LogP contribution in [0.5, 0.6) is 0 Å². The average molecular weight is 299 g/mol. The van der Waals surface area contributed by atoms with E-state index in [0.29, 0.717) is 39.3 Å². The molecule has 1 amide bonds. The number of carbonyl (C=O) groups is 1. The fraction of sp³-hybridized carbons (Fsp3) is 0.412. The Balaban J connectivity index is 1.63. The molecule has 1 aromatic carbocycles. The Bertz CT molecular complexity index is 666. The molecule has 1 fully saturated rings. The number of fused-ring (bicyclic) bond motifs is 1. The Labute approximate surface area is 130 Å². The van der Waals surface area contributed by atoms with Crippen molar-refractivity contribution in [2.24, 2.45) is 0 Å². The van der Waals surface area contributed by atoms with Crippen LogP contribution in [0.15, 0.2) is 30.3 Å². The summed E-state index contributed by atoms with van der Waals surface area (Å²) in [5, 5.41) is 4.47. The highest BCUT2D eigenvalue weighted by atomic mass is 16.5. The van der Waals surface area contributed by atoms with Gasteiger partial charge in [0.1, 0.15) is 0 Å². The van der Waals surface area contributed by atoms with Crippen LogP contribution in [0, 0.1) is 6.92 Å². The van der Waals surface area contributed by atoms with E-state index < -0.39 is 0 Å². The Morgan fingerprint density at radius 1 is 1.32 bits per heavy atom. The summed E-state index contributed by atoms with van der Waals surface area (Å²) in [5.74, 6) is 0.186. The summed E-state index contributed by atoms with van der Waals surface area (Å²) in [6, 6.07) is 10.1. The summed E-state index contributed by atoms with van der Waals surface area (Å²) in [4.78, 5) is 18.5. The molecule has 5 nitrogen and oxygen atoms in total. The van der Waals surface area contributed by atoms with E-state index >= 15 is 0 Å². The molecule has 1 aliphatic rings. The van der Waals surface area contributed by atoms with E-state index in [-0.39, 0.29) is 5.91 Å². The number of hydrogen-bond donors (Lipinski definition) is 1. The number of rotatable bonds is 4. The second-order valence-corrected chi connectivity index (χ2v) is 5.50. The van der Waals surface area contributed by atoms with Crippen LogP contribution in [-0.2, 0) is 9.53 Å². The van der Waals surface area contributed by atoms with Crippen molar-refractivity contribution in [2.75, 3.05) is 38.2 Å². The first-order valence-corrected chi connectivity index (χ1v) is 7.70.